The number of terminal acetylenes is 1. The molecule has 0 saturated heterocycles. The van der Waals surface area contributed by atoms with Crippen molar-refractivity contribution in [3.05, 3.63) is 0 Å². The molecular formula is C13H21NO2. The van der Waals surface area contributed by atoms with Crippen LogP contribution in [-0.2, 0) is 9.53 Å². The number of rotatable bonds is 3. The molecule has 0 spiro atoms. The van der Waals surface area contributed by atoms with Crippen LogP contribution in [0.5, 0.6) is 0 Å². The number of carbonyl (C=O) groups excluding carboxylic acids is 1. The molecule has 0 radical (unpaired) electrons. The highest BCUT2D eigenvalue weighted by atomic mass is 16.5. The summed E-state index contributed by atoms with van der Waals surface area (Å²) in [6.07, 6.45) is 8.04. The van der Waals surface area contributed by atoms with Gasteiger partial charge >= 0.3 is 5.97 Å². The molecule has 1 aliphatic carbocycles. The number of hydrogen-bond acceptors (Lipinski definition) is 3. The van der Waals surface area contributed by atoms with E-state index in [-0.39, 0.29) is 5.97 Å². The van der Waals surface area contributed by atoms with Gasteiger partial charge in [0.25, 0.3) is 0 Å². The molecule has 2 atom stereocenters. The van der Waals surface area contributed by atoms with Crippen molar-refractivity contribution in [1.29, 1.82) is 0 Å². The van der Waals surface area contributed by atoms with Crippen LogP contribution in [0.3, 0.4) is 0 Å². The van der Waals surface area contributed by atoms with E-state index >= 15 is 0 Å². The zero-order chi connectivity index (χ0) is 12.2. The Morgan fingerprint density at radius 3 is 2.50 bits per heavy atom. The summed E-state index contributed by atoms with van der Waals surface area (Å²) in [6, 6.07) is 0. The van der Waals surface area contributed by atoms with Crippen LogP contribution in [0.4, 0.5) is 0 Å². The minimum atomic E-state index is -0.571. The van der Waals surface area contributed by atoms with Crippen LogP contribution in [0, 0.1) is 24.2 Å². The first-order chi connectivity index (χ1) is 7.54. The quantitative estimate of drug-likeness (QED) is 0.583. The third-order valence-corrected chi connectivity index (χ3v) is 3.30. The summed E-state index contributed by atoms with van der Waals surface area (Å²) in [5, 5.41) is 3.19. The fourth-order valence-electron chi connectivity index (χ4n) is 2.93. The molecule has 3 heteroatoms. The van der Waals surface area contributed by atoms with E-state index in [2.05, 4.69) is 25.1 Å². The highest BCUT2D eigenvalue weighted by Gasteiger charge is 2.44. The third-order valence-electron chi connectivity index (χ3n) is 3.30. The summed E-state index contributed by atoms with van der Waals surface area (Å²) in [6.45, 7) is 4.75. The van der Waals surface area contributed by atoms with Gasteiger partial charge in [0.05, 0.1) is 13.7 Å². The fraction of sp³-hybridized carbons (Fsp3) is 0.769. The Morgan fingerprint density at radius 1 is 1.50 bits per heavy atom. The van der Waals surface area contributed by atoms with Crippen LogP contribution in [0.25, 0.3) is 0 Å². The van der Waals surface area contributed by atoms with Crippen molar-refractivity contribution < 1.29 is 9.53 Å². The van der Waals surface area contributed by atoms with E-state index in [0.717, 1.165) is 19.3 Å². The first kappa shape index (κ1) is 13.1. The summed E-state index contributed by atoms with van der Waals surface area (Å²) in [5.41, 5.74) is -0.571. The van der Waals surface area contributed by atoms with Gasteiger partial charge in [-0.1, -0.05) is 19.8 Å². The number of hydrogen-bond donors (Lipinski definition) is 1. The molecule has 1 aliphatic rings. The van der Waals surface area contributed by atoms with Crippen molar-refractivity contribution in [3.63, 3.8) is 0 Å². The van der Waals surface area contributed by atoms with Gasteiger partial charge in [-0.2, -0.15) is 0 Å². The van der Waals surface area contributed by atoms with Gasteiger partial charge in [-0.05, 0) is 31.1 Å². The SMILES string of the molecule is C#CCNC1(C(=O)OC)CC(C)CC(C)C1. The maximum atomic E-state index is 11.9. The second kappa shape index (κ2) is 5.36. The number of esters is 1. The van der Waals surface area contributed by atoms with Crippen LogP contribution in [-0.4, -0.2) is 25.2 Å². The van der Waals surface area contributed by atoms with Crippen LogP contribution >= 0.6 is 0 Å². The lowest BCUT2D eigenvalue weighted by atomic mass is 9.71. The summed E-state index contributed by atoms with van der Waals surface area (Å²) >= 11 is 0. The Labute approximate surface area is 97.9 Å². The zero-order valence-corrected chi connectivity index (χ0v) is 10.4. The first-order valence-electron chi connectivity index (χ1n) is 5.81. The molecule has 0 bridgehead atoms. The van der Waals surface area contributed by atoms with Crippen molar-refractivity contribution in [2.75, 3.05) is 13.7 Å². The molecule has 0 aliphatic heterocycles. The van der Waals surface area contributed by atoms with E-state index in [4.69, 9.17) is 11.2 Å². The molecule has 1 saturated carbocycles. The van der Waals surface area contributed by atoms with Gasteiger partial charge in [0.1, 0.15) is 5.54 Å². The fourth-order valence-corrected chi connectivity index (χ4v) is 2.93. The summed E-state index contributed by atoms with van der Waals surface area (Å²) < 4.78 is 4.92. The average molecular weight is 223 g/mol. The molecule has 1 fully saturated rings. The minimum absolute atomic E-state index is 0.179. The third kappa shape index (κ3) is 2.76. The lowest BCUT2D eigenvalue weighted by Gasteiger charge is -2.40. The van der Waals surface area contributed by atoms with Gasteiger partial charge in [0, 0.05) is 0 Å². The molecular weight excluding hydrogens is 202 g/mol. The Hall–Kier alpha value is -1.01. The van der Waals surface area contributed by atoms with Crippen molar-refractivity contribution in [2.24, 2.45) is 11.8 Å². The van der Waals surface area contributed by atoms with Crippen LogP contribution in [0.1, 0.15) is 33.1 Å². The maximum Gasteiger partial charge on any atom is 0.326 e. The normalized spacial score (nSPS) is 34.1. The predicted octanol–water partition coefficient (Wildman–Crippen LogP) is 1.58. The molecule has 1 rings (SSSR count). The lowest BCUT2D eigenvalue weighted by Crippen LogP contribution is -2.56. The molecule has 3 nitrogen and oxygen atoms in total. The predicted molar refractivity (Wildman–Crippen MR) is 63.8 cm³/mol. The molecule has 0 heterocycles. The van der Waals surface area contributed by atoms with Crippen molar-refractivity contribution >= 4 is 5.97 Å². The molecule has 1 N–H and O–H groups in total. The molecule has 0 aromatic carbocycles. The second-order valence-electron chi connectivity index (χ2n) is 4.99. The Balaban J connectivity index is 2.85. The van der Waals surface area contributed by atoms with Gasteiger partial charge in [-0.3, -0.25) is 10.1 Å². The second-order valence-corrected chi connectivity index (χ2v) is 4.99. The topological polar surface area (TPSA) is 38.3 Å². The molecule has 2 unspecified atom stereocenters. The summed E-state index contributed by atoms with van der Waals surface area (Å²) in [4.78, 5) is 11.9. The smallest absolute Gasteiger partial charge is 0.326 e. The van der Waals surface area contributed by atoms with E-state index in [1.54, 1.807) is 0 Å². The first-order valence-corrected chi connectivity index (χ1v) is 5.81. The van der Waals surface area contributed by atoms with E-state index in [1.807, 2.05) is 0 Å². The number of carbonyl (C=O) groups is 1. The van der Waals surface area contributed by atoms with Gasteiger partial charge in [-0.15, -0.1) is 6.42 Å². The van der Waals surface area contributed by atoms with Crippen LogP contribution in [0.15, 0.2) is 0 Å². The van der Waals surface area contributed by atoms with E-state index in [9.17, 15) is 4.79 Å². The molecule has 90 valence electrons. The zero-order valence-electron chi connectivity index (χ0n) is 10.4. The van der Waals surface area contributed by atoms with Crippen molar-refractivity contribution in [1.82, 2.24) is 5.32 Å². The molecule has 0 aromatic rings. The van der Waals surface area contributed by atoms with Gasteiger partial charge < -0.3 is 4.74 Å². The Bertz CT molecular complexity index is 283. The van der Waals surface area contributed by atoms with Gasteiger partial charge in [0.15, 0.2) is 0 Å². The highest BCUT2D eigenvalue weighted by molar-refractivity contribution is 5.81. The number of methoxy groups -OCH3 is 1. The summed E-state index contributed by atoms with van der Waals surface area (Å²) in [7, 11) is 1.44. The minimum Gasteiger partial charge on any atom is -0.468 e. The lowest BCUT2D eigenvalue weighted by molar-refractivity contribution is -0.151. The van der Waals surface area contributed by atoms with Gasteiger partial charge in [0.2, 0.25) is 0 Å². The monoisotopic (exact) mass is 223 g/mol. The largest absolute Gasteiger partial charge is 0.468 e. The van der Waals surface area contributed by atoms with Crippen molar-refractivity contribution in [2.45, 2.75) is 38.6 Å². The van der Waals surface area contributed by atoms with Crippen molar-refractivity contribution in [3.8, 4) is 12.3 Å². The van der Waals surface area contributed by atoms with E-state index < -0.39 is 5.54 Å². The molecule has 0 amide bonds. The Morgan fingerprint density at radius 2 is 2.06 bits per heavy atom. The average Bonchev–Trinajstić information content (AvgIpc) is 2.24. The molecule has 0 aromatic heterocycles. The van der Waals surface area contributed by atoms with Crippen LogP contribution in [0.2, 0.25) is 0 Å². The number of ether oxygens (including phenoxy) is 1. The van der Waals surface area contributed by atoms with Crippen LogP contribution < -0.4 is 5.32 Å². The van der Waals surface area contributed by atoms with E-state index in [1.165, 1.54) is 7.11 Å². The standard InChI is InChI=1S/C13H21NO2/c1-5-6-14-13(12(15)16-4)8-10(2)7-11(3)9-13/h1,10-11,14H,6-9H2,2-4H3. The van der Waals surface area contributed by atoms with E-state index in [0.29, 0.717) is 18.4 Å². The van der Waals surface area contributed by atoms with Gasteiger partial charge in [-0.25, -0.2) is 0 Å². The number of nitrogens with one attached hydrogen (secondary N) is 1. The highest BCUT2D eigenvalue weighted by Crippen LogP contribution is 2.36. The maximum absolute atomic E-state index is 11.9. The summed E-state index contributed by atoms with van der Waals surface area (Å²) in [5.74, 6) is 3.39. The Kier molecular flexibility index (Phi) is 4.37. The molecule has 16 heavy (non-hydrogen) atoms.